The normalized spacial score (nSPS) is 10.2. The van der Waals surface area contributed by atoms with Crippen molar-refractivity contribution in [3.63, 3.8) is 0 Å². The molecule has 0 aliphatic rings. The Hall–Kier alpha value is -3.33. The maximum atomic E-state index is 13.0. The van der Waals surface area contributed by atoms with Crippen molar-refractivity contribution in [3.8, 4) is 0 Å². The van der Waals surface area contributed by atoms with Crippen LogP contribution in [0.1, 0.15) is 20.7 Å². The number of amides is 2. The van der Waals surface area contributed by atoms with Gasteiger partial charge in [0.1, 0.15) is 5.82 Å². The van der Waals surface area contributed by atoms with Crippen LogP contribution in [0, 0.1) is 15.9 Å². The maximum Gasteiger partial charge on any atom is 0.270 e. The number of nitro benzene ring substituents is 1. The van der Waals surface area contributed by atoms with E-state index in [4.69, 9.17) is 4.74 Å². The lowest BCUT2D eigenvalue weighted by atomic mass is 10.1. The Morgan fingerprint density at radius 2 is 1.85 bits per heavy atom. The van der Waals surface area contributed by atoms with Gasteiger partial charge in [0.05, 0.1) is 22.8 Å². The number of non-ortho nitro benzene ring substituents is 1. The van der Waals surface area contributed by atoms with E-state index >= 15 is 0 Å². The van der Waals surface area contributed by atoms with Crippen molar-refractivity contribution in [2.75, 3.05) is 25.6 Å². The molecule has 0 spiro atoms. The summed E-state index contributed by atoms with van der Waals surface area (Å²) in [5, 5.41) is 16.0. The second kappa shape index (κ2) is 8.67. The van der Waals surface area contributed by atoms with Gasteiger partial charge in [0.2, 0.25) is 0 Å². The fourth-order valence-electron chi connectivity index (χ4n) is 2.10. The van der Waals surface area contributed by atoms with E-state index < -0.39 is 22.6 Å². The summed E-state index contributed by atoms with van der Waals surface area (Å²) in [6.45, 7) is 0.460. The third-order valence-electron chi connectivity index (χ3n) is 3.40. The number of rotatable bonds is 7. The zero-order valence-corrected chi connectivity index (χ0v) is 13.8. The molecule has 0 aliphatic carbocycles. The first-order valence-electron chi connectivity index (χ1n) is 7.55. The highest BCUT2D eigenvalue weighted by molar-refractivity contribution is 6.09. The van der Waals surface area contributed by atoms with Gasteiger partial charge in [-0.2, -0.15) is 0 Å². The summed E-state index contributed by atoms with van der Waals surface area (Å²) in [5.74, 6) is -1.67. The van der Waals surface area contributed by atoms with E-state index in [0.717, 1.165) is 18.2 Å². The highest BCUT2D eigenvalue weighted by Gasteiger charge is 2.18. The molecule has 2 amide bonds. The minimum atomic E-state index is -0.641. The fraction of sp³-hybridized carbons (Fsp3) is 0.176. The molecular formula is C17H16FN3O5. The maximum absolute atomic E-state index is 13.0. The first-order chi connectivity index (χ1) is 12.4. The molecule has 0 fully saturated rings. The number of benzene rings is 2. The number of anilines is 1. The van der Waals surface area contributed by atoms with E-state index in [1.165, 1.54) is 31.4 Å². The summed E-state index contributed by atoms with van der Waals surface area (Å²) < 4.78 is 17.8. The second-order valence-electron chi connectivity index (χ2n) is 5.20. The fourth-order valence-corrected chi connectivity index (χ4v) is 2.10. The molecule has 2 N–H and O–H groups in total. The van der Waals surface area contributed by atoms with E-state index in [1.807, 2.05) is 0 Å². The van der Waals surface area contributed by atoms with Crippen molar-refractivity contribution in [2.24, 2.45) is 0 Å². The third-order valence-corrected chi connectivity index (χ3v) is 3.40. The van der Waals surface area contributed by atoms with E-state index in [-0.39, 0.29) is 35.7 Å². The van der Waals surface area contributed by atoms with Crippen molar-refractivity contribution in [1.29, 1.82) is 0 Å². The van der Waals surface area contributed by atoms with Crippen LogP contribution in [-0.4, -0.2) is 37.0 Å². The predicted octanol–water partition coefficient (Wildman–Crippen LogP) is 2.36. The summed E-state index contributed by atoms with van der Waals surface area (Å²) in [4.78, 5) is 34.9. The van der Waals surface area contributed by atoms with Crippen LogP contribution in [0.15, 0.2) is 42.5 Å². The molecule has 0 unspecified atom stereocenters. The van der Waals surface area contributed by atoms with Crippen LogP contribution in [0.25, 0.3) is 0 Å². The highest BCUT2D eigenvalue weighted by atomic mass is 19.1. The van der Waals surface area contributed by atoms with Crippen molar-refractivity contribution in [2.45, 2.75) is 0 Å². The SMILES string of the molecule is COCCNC(=O)c1cc([N+](=O)[O-])ccc1NC(=O)c1ccc(F)cc1. The van der Waals surface area contributed by atoms with E-state index in [1.54, 1.807) is 0 Å². The van der Waals surface area contributed by atoms with Gasteiger partial charge in [0.25, 0.3) is 17.5 Å². The van der Waals surface area contributed by atoms with Crippen LogP contribution in [0.5, 0.6) is 0 Å². The Balaban J connectivity index is 2.28. The number of carbonyl (C=O) groups is 2. The molecule has 2 rings (SSSR count). The van der Waals surface area contributed by atoms with E-state index in [2.05, 4.69) is 10.6 Å². The number of nitrogens with zero attached hydrogens (tertiary/aromatic N) is 1. The smallest absolute Gasteiger partial charge is 0.270 e. The van der Waals surface area contributed by atoms with Crippen molar-refractivity contribution in [3.05, 3.63) is 69.5 Å². The Bertz CT molecular complexity index is 824. The number of nitro groups is 1. The molecule has 26 heavy (non-hydrogen) atoms. The predicted molar refractivity (Wildman–Crippen MR) is 91.7 cm³/mol. The quantitative estimate of drug-likeness (QED) is 0.447. The Kier molecular flexibility index (Phi) is 6.34. The number of methoxy groups -OCH3 is 1. The molecule has 2 aromatic rings. The van der Waals surface area contributed by atoms with Gasteiger partial charge in [-0.3, -0.25) is 19.7 Å². The summed E-state index contributed by atoms with van der Waals surface area (Å²) >= 11 is 0. The number of hydrogen-bond donors (Lipinski definition) is 2. The van der Waals surface area contributed by atoms with Gasteiger partial charge < -0.3 is 15.4 Å². The zero-order valence-electron chi connectivity index (χ0n) is 13.8. The van der Waals surface area contributed by atoms with Crippen molar-refractivity contribution >= 4 is 23.2 Å². The molecule has 0 aliphatic heterocycles. The Labute approximate surface area is 148 Å². The molecule has 0 saturated heterocycles. The lowest BCUT2D eigenvalue weighted by Crippen LogP contribution is -2.28. The zero-order chi connectivity index (χ0) is 19.1. The largest absolute Gasteiger partial charge is 0.383 e. The van der Waals surface area contributed by atoms with Crippen LogP contribution >= 0.6 is 0 Å². The third kappa shape index (κ3) is 4.84. The Morgan fingerprint density at radius 3 is 2.46 bits per heavy atom. The van der Waals surface area contributed by atoms with Gasteiger partial charge >= 0.3 is 0 Å². The topological polar surface area (TPSA) is 111 Å². The average molecular weight is 361 g/mol. The van der Waals surface area contributed by atoms with Gasteiger partial charge in [-0.25, -0.2) is 4.39 Å². The molecule has 0 heterocycles. The van der Waals surface area contributed by atoms with Gasteiger partial charge in [-0.1, -0.05) is 0 Å². The minimum Gasteiger partial charge on any atom is -0.383 e. The van der Waals surface area contributed by atoms with E-state index in [0.29, 0.717) is 0 Å². The van der Waals surface area contributed by atoms with Crippen LogP contribution in [0.3, 0.4) is 0 Å². The summed E-state index contributed by atoms with van der Waals surface area (Å²) in [5.41, 5.74) is -0.0808. The molecule has 8 nitrogen and oxygen atoms in total. The average Bonchev–Trinajstić information content (AvgIpc) is 2.62. The summed E-state index contributed by atoms with van der Waals surface area (Å²) in [6.07, 6.45) is 0. The minimum absolute atomic E-state index is 0.0641. The second-order valence-corrected chi connectivity index (χ2v) is 5.20. The van der Waals surface area contributed by atoms with Crippen molar-refractivity contribution < 1.29 is 23.6 Å². The molecule has 9 heteroatoms. The standard InChI is InChI=1S/C17H16FN3O5/c1-26-9-8-19-17(23)14-10-13(21(24)25)6-7-15(14)20-16(22)11-2-4-12(18)5-3-11/h2-7,10H,8-9H2,1H3,(H,19,23)(H,20,22). The summed E-state index contributed by atoms with van der Waals surface area (Å²) in [6, 6.07) is 8.34. The highest BCUT2D eigenvalue weighted by Crippen LogP contribution is 2.23. The molecule has 136 valence electrons. The Morgan fingerprint density at radius 1 is 1.15 bits per heavy atom. The molecule has 0 saturated carbocycles. The van der Waals surface area contributed by atoms with E-state index in [9.17, 15) is 24.1 Å². The van der Waals surface area contributed by atoms with Gasteiger partial charge in [0, 0.05) is 31.4 Å². The first kappa shape index (κ1) is 19.0. The van der Waals surface area contributed by atoms with Gasteiger partial charge in [0.15, 0.2) is 0 Å². The molecular weight excluding hydrogens is 345 g/mol. The first-order valence-corrected chi connectivity index (χ1v) is 7.55. The molecule has 0 aromatic heterocycles. The molecule has 0 atom stereocenters. The number of halogens is 1. The van der Waals surface area contributed by atoms with Crippen molar-refractivity contribution in [1.82, 2.24) is 5.32 Å². The lowest BCUT2D eigenvalue weighted by Gasteiger charge is -2.11. The van der Waals surface area contributed by atoms with Crippen LogP contribution in [0.2, 0.25) is 0 Å². The van der Waals surface area contributed by atoms with Gasteiger partial charge in [-0.05, 0) is 30.3 Å². The molecule has 0 bridgehead atoms. The lowest BCUT2D eigenvalue weighted by molar-refractivity contribution is -0.384. The van der Waals surface area contributed by atoms with Crippen LogP contribution in [-0.2, 0) is 4.74 Å². The number of hydrogen-bond acceptors (Lipinski definition) is 5. The molecule has 2 aromatic carbocycles. The van der Waals surface area contributed by atoms with Crippen LogP contribution in [0.4, 0.5) is 15.8 Å². The summed E-state index contributed by atoms with van der Waals surface area (Å²) in [7, 11) is 1.47. The molecule has 0 radical (unpaired) electrons. The van der Waals surface area contributed by atoms with Gasteiger partial charge in [-0.15, -0.1) is 0 Å². The van der Waals surface area contributed by atoms with Crippen LogP contribution < -0.4 is 10.6 Å². The number of carbonyl (C=O) groups excluding carboxylic acids is 2. The monoisotopic (exact) mass is 361 g/mol. The number of ether oxygens (including phenoxy) is 1. The number of nitrogens with one attached hydrogen (secondary N) is 2.